The van der Waals surface area contributed by atoms with Crippen molar-refractivity contribution in [3.63, 3.8) is 0 Å². The fourth-order valence-corrected chi connectivity index (χ4v) is 2.63. The summed E-state index contributed by atoms with van der Waals surface area (Å²) in [4.78, 5) is 18.7. The first-order valence-electron chi connectivity index (χ1n) is 8.65. The number of hydrogen-bond donors (Lipinski definition) is 1. The highest BCUT2D eigenvalue weighted by atomic mass is 35.5. The largest absolute Gasteiger partial charge is 0.337 e. The van der Waals surface area contributed by atoms with E-state index in [1.54, 1.807) is 29.2 Å². The van der Waals surface area contributed by atoms with Gasteiger partial charge >= 0.3 is 6.03 Å². The van der Waals surface area contributed by atoms with Gasteiger partial charge in [0.1, 0.15) is 6.54 Å². The Morgan fingerprint density at radius 2 is 1.81 bits per heavy atom. The van der Waals surface area contributed by atoms with Crippen molar-refractivity contribution in [3.8, 4) is 11.4 Å². The molecule has 3 rings (SSSR count). The zero-order valence-corrected chi connectivity index (χ0v) is 16.2. The lowest BCUT2D eigenvalue weighted by Crippen LogP contribution is -2.39. The molecular weight excluding hydrogens is 364 g/mol. The number of anilines is 1. The third-order valence-electron chi connectivity index (χ3n) is 4.06. The van der Waals surface area contributed by atoms with E-state index in [1.165, 1.54) is 0 Å². The number of benzene rings is 2. The Labute approximate surface area is 163 Å². The van der Waals surface area contributed by atoms with Crippen molar-refractivity contribution in [3.05, 3.63) is 65.0 Å². The van der Waals surface area contributed by atoms with Crippen LogP contribution in [0, 0.1) is 6.92 Å². The van der Waals surface area contributed by atoms with E-state index in [4.69, 9.17) is 16.1 Å². The molecule has 1 N–H and O–H groups in total. The van der Waals surface area contributed by atoms with Crippen molar-refractivity contribution in [1.82, 2.24) is 15.0 Å². The third kappa shape index (κ3) is 4.86. The molecule has 0 saturated heterocycles. The summed E-state index contributed by atoms with van der Waals surface area (Å²) in [5, 5.41) is 7.49. The predicted octanol–water partition coefficient (Wildman–Crippen LogP) is 5.14. The van der Waals surface area contributed by atoms with Crippen molar-refractivity contribution >= 4 is 23.3 Å². The summed E-state index contributed by atoms with van der Waals surface area (Å²) in [5.74, 6) is 0.886. The molecule has 2 amide bonds. The minimum absolute atomic E-state index is 0.0491. The van der Waals surface area contributed by atoms with Crippen molar-refractivity contribution < 1.29 is 9.32 Å². The molecule has 2 aromatic carbocycles. The number of rotatable bonds is 5. The number of carbonyl (C=O) groups is 1. The number of nitrogens with one attached hydrogen (secondary N) is 1. The van der Waals surface area contributed by atoms with Gasteiger partial charge in [-0.15, -0.1) is 0 Å². The maximum Gasteiger partial charge on any atom is 0.322 e. The molecule has 1 heterocycles. The molecule has 6 nitrogen and oxygen atoms in total. The molecule has 0 aliphatic carbocycles. The minimum Gasteiger partial charge on any atom is -0.337 e. The average Bonchev–Trinajstić information content (AvgIpc) is 3.10. The number of nitrogens with zero attached hydrogens (tertiary/aromatic N) is 3. The van der Waals surface area contributed by atoms with Crippen LogP contribution in [0.15, 0.2) is 53.1 Å². The first-order valence-corrected chi connectivity index (χ1v) is 9.03. The second kappa shape index (κ2) is 8.22. The van der Waals surface area contributed by atoms with Crippen LogP contribution in [0.4, 0.5) is 10.5 Å². The topological polar surface area (TPSA) is 71.3 Å². The van der Waals surface area contributed by atoms with Crippen LogP contribution in [0.25, 0.3) is 11.4 Å². The monoisotopic (exact) mass is 384 g/mol. The summed E-state index contributed by atoms with van der Waals surface area (Å²) in [6.45, 7) is 6.10. The van der Waals surface area contributed by atoms with Crippen LogP contribution in [-0.2, 0) is 6.54 Å². The van der Waals surface area contributed by atoms with Gasteiger partial charge < -0.3 is 14.7 Å². The predicted molar refractivity (Wildman–Crippen MR) is 106 cm³/mol. The average molecular weight is 385 g/mol. The van der Waals surface area contributed by atoms with E-state index >= 15 is 0 Å². The van der Waals surface area contributed by atoms with Crippen LogP contribution in [0.3, 0.4) is 0 Å². The van der Waals surface area contributed by atoms with Gasteiger partial charge in [0.25, 0.3) is 0 Å². The van der Waals surface area contributed by atoms with Crippen molar-refractivity contribution in [2.45, 2.75) is 33.4 Å². The standard InChI is InChI=1S/C20H21ClN4O2/c1-13(2)25(20(26)22-17-10-8-16(21)9-11-17)12-18-23-19(24-27-18)15-6-4-14(3)5-7-15/h4-11,13H,12H2,1-3H3,(H,22,26). The van der Waals surface area contributed by atoms with E-state index in [0.29, 0.717) is 22.4 Å². The fourth-order valence-electron chi connectivity index (χ4n) is 2.50. The summed E-state index contributed by atoms with van der Waals surface area (Å²) in [6, 6.07) is 14.5. The van der Waals surface area contributed by atoms with Crippen LogP contribution >= 0.6 is 11.6 Å². The zero-order chi connectivity index (χ0) is 19.4. The molecule has 3 aromatic rings. The summed E-state index contributed by atoms with van der Waals surface area (Å²) in [7, 11) is 0. The first kappa shape index (κ1) is 18.9. The molecule has 0 unspecified atom stereocenters. The number of carbonyl (C=O) groups excluding carboxylic acids is 1. The van der Waals surface area contributed by atoms with E-state index in [-0.39, 0.29) is 18.6 Å². The summed E-state index contributed by atoms with van der Waals surface area (Å²) < 4.78 is 5.35. The summed E-state index contributed by atoms with van der Waals surface area (Å²) in [6.07, 6.45) is 0. The molecule has 0 saturated carbocycles. The Hall–Kier alpha value is -2.86. The third-order valence-corrected chi connectivity index (χ3v) is 4.32. The lowest BCUT2D eigenvalue weighted by Gasteiger charge is -2.25. The van der Waals surface area contributed by atoms with E-state index in [2.05, 4.69) is 15.5 Å². The Balaban J connectivity index is 1.71. The van der Waals surface area contributed by atoms with Gasteiger partial charge in [0, 0.05) is 22.3 Å². The number of halogens is 1. The van der Waals surface area contributed by atoms with Crippen LogP contribution < -0.4 is 5.32 Å². The first-order chi connectivity index (χ1) is 12.9. The summed E-state index contributed by atoms with van der Waals surface area (Å²) >= 11 is 5.88. The van der Waals surface area contributed by atoms with Crippen LogP contribution in [0.5, 0.6) is 0 Å². The minimum atomic E-state index is -0.248. The molecule has 0 atom stereocenters. The Kier molecular flexibility index (Phi) is 5.76. The highest BCUT2D eigenvalue weighted by Gasteiger charge is 2.21. The van der Waals surface area contributed by atoms with Gasteiger partial charge in [-0.1, -0.05) is 46.6 Å². The van der Waals surface area contributed by atoms with E-state index in [0.717, 1.165) is 11.1 Å². The van der Waals surface area contributed by atoms with Gasteiger partial charge in [-0.25, -0.2) is 4.79 Å². The second-order valence-electron chi connectivity index (χ2n) is 6.54. The Bertz CT molecular complexity index is 904. The maximum atomic E-state index is 12.6. The smallest absolute Gasteiger partial charge is 0.322 e. The Morgan fingerprint density at radius 3 is 2.44 bits per heavy atom. The van der Waals surface area contributed by atoms with Gasteiger partial charge in [-0.3, -0.25) is 0 Å². The molecular formula is C20H21ClN4O2. The number of hydrogen-bond acceptors (Lipinski definition) is 4. The van der Waals surface area contributed by atoms with Gasteiger partial charge in [-0.2, -0.15) is 4.98 Å². The van der Waals surface area contributed by atoms with Crippen LogP contribution in [0.2, 0.25) is 5.02 Å². The SMILES string of the molecule is Cc1ccc(-c2noc(CN(C(=O)Nc3ccc(Cl)cc3)C(C)C)n2)cc1. The molecule has 140 valence electrons. The molecule has 0 aliphatic rings. The molecule has 0 bridgehead atoms. The van der Waals surface area contributed by atoms with E-state index in [1.807, 2.05) is 45.0 Å². The van der Waals surface area contributed by atoms with Crippen LogP contribution in [-0.4, -0.2) is 27.1 Å². The molecule has 27 heavy (non-hydrogen) atoms. The van der Waals surface area contributed by atoms with Gasteiger partial charge in [0.15, 0.2) is 0 Å². The highest BCUT2D eigenvalue weighted by Crippen LogP contribution is 2.19. The van der Waals surface area contributed by atoms with Gasteiger partial charge in [0.2, 0.25) is 11.7 Å². The zero-order valence-electron chi connectivity index (χ0n) is 15.4. The lowest BCUT2D eigenvalue weighted by molar-refractivity contribution is 0.182. The Morgan fingerprint density at radius 1 is 1.15 bits per heavy atom. The van der Waals surface area contributed by atoms with Crippen molar-refractivity contribution in [2.24, 2.45) is 0 Å². The van der Waals surface area contributed by atoms with E-state index in [9.17, 15) is 4.79 Å². The quantitative estimate of drug-likeness (QED) is 0.661. The second-order valence-corrected chi connectivity index (χ2v) is 6.97. The number of aromatic nitrogens is 2. The highest BCUT2D eigenvalue weighted by molar-refractivity contribution is 6.30. The van der Waals surface area contributed by atoms with Crippen LogP contribution in [0.1, 0.15) is 25.3 Å². The number of aryl methyl sites for hydroxylation is 1. The maximum absolute atomic E-state index is 12.6. The normalized spacial score (nSPS) is 10.9. The number of amides is 2. The number of urea groups is 1. The van der Waals surface area contributed by atoms with Crippen molar-refractivity contribution in [2.75, 3.05) is 5.32 Å². The van der Waals surface area contributed by atoms with Gasteiger partial charge in [-0.05, 0) is 45.0 Å². The van der Waals surface area contributed by atoms with E-state index < -0.39 is 0 Å². The molecule has 1 aromatic heterocycles. The summed E-state index contributed by atoms with van der Waals surface area (Å²) in [5.41, 5.74) is 2.70. The molecule has 0 radical (unpaired) electrons. The lowest BCUT2D eigenvalue weighted by atomic mass is 10.1. The molecule has 0 spiro atoms. The molecule has 7 heteroatoms. The molecule has 0 aliphatic heterocycles. The van der Waals surface area contributed by atoms with Crippen molar-refractivity contribution in [1.29, 1.82) is 0 Å². The van der Waals surface area contributed by atoms with Gasteiger partial charge in [0.05, 0.1) is 0 Å². The fraction of sp³-hybridized carbons (Fsp3) is 0.250. The molecule has 0 fully saturated rings.